The van der Waals surface area contributed by atoms with Gasteiger partial charge in [0, 0.05) is 18.3 Å². The molecular formula is C8H16N2S2. The second-order valence-corrected chi connectivity index (χ2v) is 4.52. The van der Waals surface area contributed by atoms with E-state index in [2.05, 4.69) is 17.6 Å². The summed E-state index contributed by atoms with van der Waals surface area (Å²) in [6, 6.07) is 0.604. The Labute approximate surface area is 83.9 Å². The molecule has 2 nitrogen and oxygen atoms in total. The smallest absolute Gasteiger partial charge is 0.166 e. The third kappa shape index (κ3) is 3.63. The topological polar surface area (TPSA) is 24.1 Å². The number of thioether (sulfide) groups is 1. The zero-order chi connectivity index (χ0) is 8.81. The van der Waals surface area contributed by atoms with Crippen LogP contribution in [0.4, 0.5) is 0 Å². The second-order valence-electron chi connectivity index (χ2n) is 2.96. The van der Waals surface area contributed by atoms with Crippen molar-refractivity contribution in [1.29, 1.82) is 0 Å². The molecule has 0 radical (unpaired) electrons. The molecule has 0 bridgehead atoms. The Balaban J connectivity index is 2.08. The summed E-state index contributed by atoms with van der Waals surface area (Å²) < 4.78 is 0. The van der Waals surface area contributed by atoms with Crippen molar-refractivity contribution in [1.82, 2.24) is 10.6 Å². The highest BCUT2D eigenvalue weighted by molar-refractivity contribution is 7.99. The molecule has 0 spiro atoms. The van der Waals surface area contributed by atoms with Crippen molar-refractivity contribution < 1.29 is 0 Å². The standard InChI is InChI=1S/C8H16N2S2/c1-2-4-9-8(11)10-7-3-5-12-6-7/h7H,2-6H2,1H3,(H2,9,10,11). The molecule has 0 amide bonds. The maximum Gasteiger partial charge on any atom is 0.166 e. The highest BCUT2D eigenvalue weighted by Gasteiger charge is 2.15. The molecule has 1 aliphatic rings. The number of hydrogen-bond acceptors (Lipinski definition) is 2. The molecule has 1 unspecified atom stereocenters. The Hall–Kier alpha value is 0.0400. The summed E-state index contributed by atoms with van der Waals surface area (Å²) in [7, 11) is 0. The van der Waals surface area contributed by atoms with E-state index in [0.717, 1.165) is 18.1 Å². The van der Waals surface area contributed by atoms with E-state index in [1.807, 2.05) is 11.8 Å². The van der Waals surface area contributed by atoms with Gasteiger partial charge >= 0.3 is 0 Å². The van der Waals surface area contributed by atoms with Crippen LogP contribution in [0.2, 0.25) is 0 Å². The lowest BCUT2D eigenvalue weighted by Crippen LogP contribution is -2.42. The van der Waals surface area contributed by atoms with Gasteiger partial charge in [0.05, 0.1) is 0 Å². The summed E-state index contributed by atoms with van der Waals surface area (Å²) in [6.45, 7) is 3.12. The van der Waals surface area contributed by atoms with Gasteiger partial charge in [-0.3, -0.25) is 0 Å². The van der Waals surface area contributed by atoms with Gasteiger partial charge in [0.1, 0.15) is 0 Å². The molecule has 1 rings (SSSR count). The van der Waals surface area contributed by atoms with Crippen LogP contribution in [0.3, 0.4) is 0 Å². The molecule has 70 valence electrons. The Kier molecular flexibility index (Phi) is 4.76. The first-order chi connectivity index (χ1) is 5.83. The van der Waals surface area contributed by atoms with E-state index in [-0.39, 0.29) is 0 Å². The van der Waals surface area contributed by atoms with Gasteiger partial charge in [-0.25, -0.2) is 0 Å². The van der Waals surface area contributed by atoms with E-state index < -0.39 is 0 Å². The van der Waals surface area contributed by atoms with Crippen LogP contribution in [0, 0.1) is 0 Å². The minimum Gasteiger partial charge on any atom is -0.363 e. The molecule has 0 aromatic heterocycles. The van der Waals surface area contributed by atoms with Gasteiger partial charge in [-0.2, -0.15) is 11.8 Å². The highest BCUT2D eigenvalue weighted by atomic mass is 32.2. The summed E-state index contributed by atoms with van der Waals surface area (Å²) in [4.78, 5) is 0. The maximum atomic E-state index is 5.12. The van der Waals surface area contributed by atoms with Crippen LogP contribution in [-0.4, -0.2) is 29.2 Å². The van der Waals surface area contributed by atoms with Gasteiger partial charge in [-0.15, -0.1) is 0 Å². The van der Waals surface area contributed by atoms with Gasteiger partial charge in [0.25, 0.3) is 0 Å². The lowest BCUT2D eigenvalue weighted by Gasteiger charge is -2.14. The Morgan fingerprint density at radius 3 is 3.08 bits per heavy atom. The van der Waals surface area contributed by atoms with Crippen molar-refractivity contribution in [2.24, 2.45) is 0 Å². The van der Waals surface area contributed by atoms with Crippen LogP contribution >= 0.6 is 24.0 Å². The van der Waals surface area contributed by atoms with Crippen LogP contribution in [-0.2, 0) is 0 Å². The molecular weight excluding hydrogens is 188 g/mol. The van der Waals surface area contributed by atoms with Crippen LogP contribution in [0.5, 0.6) is 0 Å². The van der Waals surface area contributed by atoms with Crippen molar-refractivity contribution in [3.8, 4) is 0 Å². The van der Waals surface area contributed by atoms with Crippen LogP contribution in [0.15, 0.2) is 0 Å². The number of rotatable bonds is 3. The predicted molar refractivity (Wildman–Crippen MR) is 59.8 cm³/mol. The fourth-order valence-electron chi connectivity index (χ4n) is 1.12. The summed E-state index contributed by atoms with van der Waals surface area (Å²) >= 11 is 7.12. The average Bonchev–Trinajstić information content (AvgIpc) is 2.53. The molecule has 0 saturated carbocycles. The minimum absolute atomic E-state index is 0.604. The molecule has 0 aromatic carbocycles. The molecule has 1 fully saturated rings. The van der Waals surface area contributed by atoms with E-state index in [1.165, 1.54) is 17.9 Å². The van der Waals surface area contributed by atoms with E-state index in [1.54, 1.807) is 0 Å². The van der Waals surface area contributed by atoms with E-state index in [4.69, 9.17) is 12.2 Å². The first-order valence-corrected chi connectivity index (χ1v) is 6.01. The summed E-state index contributed by atoms with van der Waals surface area (Å²) in [5, 5.41) is 7.31. The van der Waals surface area contributed by atoms with E-state index in [9.17, 15) is 0 Å². The molecule has 4 heteroatoms. The fraction of sp³-hybridized carbons (Fsp3) is 0.875. The average molecular weight is 204 g/mol. The Morgan fingerprint density at radius 2 is 2.50 bits per heavy atom. The van der Waals surface area contributed by atoms with Gasteiger partial charge < -0.3 is 10.6 Å². The number of nitrogens with one attached hydrogen (secondary N) is 2. The number of hydrogen-bond donors (Lipinski definition) is 2. The van der Waals surface area contributed by atoms with Gasteiger partial charge in [-0.1, -0.05) is 6.92 Å². The van der Waals surface area contributed by atoms with Crippen LogP contribution < -0.4 is 10.6 Å². The normalized spacial score (nSPS) is 22.2. The monoisotopic (exact) mass is 204 g/mol. The van der Waals surface area contributed by atoms with Crippen molar-refractivity contribution in [2.75, 3.05) is 18.1 Å². The van der Waals surface area contributed by atoms with Gasteiger partial charge in [-0.05, 0) is 30.8 Å². The SMILES string of the molecule is CCCNC(=S)NC1CCSC1. The van der Waals surface area contributed by atoms with Crippen molar-refractivity contribution >= 4 is 29.1 Å². The largest absolute Gasteiger partial charge is 0.363 e. The third-order valence-corrected chi connectivity index (χ3v) is 3.23. The van der Waals surface area contributed by atoms with E-state index in [0.29, 0.717) is 6.04 Å². The first-order valence-electron chi connectivity index (χ1n) is 4.45. The molecule has 1 atom stereocenters. The van der Waals surface area contributed by atoms with E-state index >= 15 is 0 Å². The molecule has 1 saturated heterocycles. The first kappa shape index (κ1) is 10.1. The predicted octanol–water partition coefficient (Wildman–Crippen LogP) is 1.37. The minimum atomic E-state index is 0.604. The Morgan fingerprint density at radius 1 is 1.67 bits per heavy atom. The molecule has 0 aliphatic carbocycles. The second kappa shape index (κ2) is 5.65. The summed E-state index contributed by atoms with van der Waals surface area (Å²) in [5.41, 5.74) is 0. The molecule has 2 N–H and O–H groups in total. The van der Waals surface area contributed by atoms with Crippen molar-refractivity contribution in [3.05, 3.63) is 0 Å². The fourth-order valence-corrected chi connectivity index (χ4v) is 2.54. The quantitative estimate of drug-likeness (QED) is 0.678. The zero-order valence-electron chi connectivity index (χ0n) is 7.43. The highest BCUT2D eigenvalue weighted by Crippen LogP contribution is 2.16. The van der Waals surface area contributed by atoms with Crippen LogP contribution in [0.25, 0.3) is 0 Å². The van der Waals surface area contributed by atoms with Gasteiger partial charge in [0.15, 0.2) is 5.11 Å². The zero-order valence-corrected chi connectivity index (χ0v) is 9.06. The maximum absolute atomic E-state index is 5.12. The Bertz CT molecular complexity index is 144. The molecule has 0 aromatic rings. The summed E-state index contributed by atoms with van der Waals surface area (Å²) in [6.07, 6.45) is 2.37. The molecule has 1 heterocycles. The number of thiocarbonyl (C=S) groups is 1. The molecule has 12 heavy (non-hydrogen) atoms. The summed E-state index contributed by atoms with van der Waals surface area (Å²) in [5.74, 6) is 2.47. The lowest BCUT2D eigenvalue weighted by atomic mass is 10.3. The van der Waals surface area contributed by atoms with Crippen molar-refractivity contribution in [3.63, 3.8) is 0 Å². The van der Waals surface area contributed by atoms with Crippen LogP contribution in [0.1, 0.15) is 19.8 Å². The lowest BCUT2D eigenvalue weighted by molar-refractivity contribution is 0.663. The van der Waals surface area contributed by atoms with Crippen molar-refractivity contribution in [2.45, 2.75) is 25.8 Å². The van der Waals surface area contributed by atoms with Gasteiger partial charge in [0.2, 0.25) is 0 Å². The molecule has 1 aliphatic heterocycles. The third-order valence-electron chi connectivity index (χ3n) is 1.80.